The molecule has 0 saturated heterocycles. The van der Waals surface area contributed by atoms with Crippen LogP contribution in [0.2, 0.25) is 0 Å². The predicted octanol–water partition coefficient (Wildman–Crippen LogP) is 2.94. The first-order valence-electron chi connectivity index (χ1n) is 9.49. The van der Waals surface area contributed by atoms with E-state index in [0.29, 0.717) is 36.0 Å². The van der Waals surface area contributed by atoms with E-state index < -0.39 is 6.10 Å². The molecule has 9 heteroatoms. The van der Waals surface area contributed by atoms with Crippen LogP contribution in [-0.4, -0.2) is 52.2 Å². The molecule has 1 atom stereocenters. The first-order valence-corrected chi connectivity index (χ1v) is 9.90. The van der Waals surface area contributed by atoms with Crippen LogP contribution < -0.4 is 14.2 Å². The lowest BCUT2D eigenvalue weighted by Crippen LogP contribution is -2.36. The van der Waals surface area contributed by atoms with Gasteiger partial charge in [0.1, 0.15) is 23.6 Å². The van der Waals surface area contributed by atoms with E-state index in [4.69, 9.17) is 26.4 Å². The van der Waals surface area contributed by atoms with Gasteiger partial charge in [0.2, 0.25) is 4.77 Å². The Kier molecular flexibility index (Phi) is 5.76. The van der Waals surface area contributed by atoms with Gasteiger partial charge in [0.05, 0.1) is 39.8 Å². The summed E-state index contributed by atoms with van der Waals surface area (Å²) < 4.78 is 20.5. The zero-order valence-corrected chi connectivity index (χ0v) is 17.9. The minimum Gasteiger partial charge on any atom is -0.496 e. The van der Waals surface area contributed by atoms with Gasteiger partial charge in [-0.15, -0.1) is 0 Å². The second kappa shape index (κ2) is 8.47. The second-order valence-corrected chi connectivity index (χ2v) is 7.35. The first-order chi connectivity index (χ1) is 14.6. The molecule has 0 spiro atoms. The van der Waals surface area contributed by atoms with Crippen molar-refractivity contribution in [2.75, 3.05) is 27.9 Å². The van der Waals surface area contributed by atoms with Crippen LogP contribution in [0.25, 0.3) is 5.69 Å². The molecule has 2 aromatic carbocycles. The minimum absolute atomic E-state index is 0.428. The lowest BCUT2D eigenvalue weighted by Gasteiger charge is -2.33. The van der Waals surface area contributed by atoms with Crippen molar-refractivity contribution in [1.82, 2.24) is 19.2 Å². The average molecular weight is 429 g/mol. The fourth-order valence-corrected chi connectivity index (χ4v) is 4.12. The maximum atomic E-state index is 10.8. The van der Waals surface area contributed by atoms with Gasteiger partial charge in [-0.3, -0.25) is 9.47 Å². The van der Waals surface area contributed by atoms with Crippen LogP contribution >= 0.6 is 12.2 Å². The number of methoxy groups -OCH3 is 3. The molecular formula is C21H24N4O4S. The molecule has 30 heavy (non-hydrogen) atoms. The number of hydrogen-bond donors (Lipinski definition) is 1. The van der Waals surface area contributed by atoms with Crippen molar-refractivity contribution in [1.29, 1.82) is 0 Å². The van der Waals surface area contributed by atoms with Crippen molar-refractivity contribution in [2.45, 2.75) is 19.3 Å². The molecule has 1 aliphatic heterocycles. The lowest BCUT2D eigenvalue weighted by atomic mass is 9.95. The number of nitrogens with zero attached hydrogens (tertiary/aromatic N) is 4. The van der Waals surface area contributed by atoms with E-state index in [9.17, 15) is 5.11 Å². The number of aromatic nitrogens is 3. The van der Waals surface area contributed by atoms with Gasteiger partial charge in [0.15, 0.2) is 0 Å². The molecule has 0 aliphatic carbocycles. The van der Waals surface area contributed by atoms with Gasteiger partial charge in [-0.2, -0.15) is 5.10 Å². The number of ether oxygens (including phenoxy) is 3. The Morgan fingerprint density at radius 3 is 2.47 bits per heavy atom. The number of hydrogen-bond acceptors (Lipinski definition) is 7. The molecule has 0 bridgehead atoms. The fourth-order valence-electron chi connectivity index (χ4n) is 3.87. The standard InChI is InChI=1S/C21H24N4O4S/c1-27-17-8-9-19(29-3)20-14(17)10-23(11-16(20)26)13-25-21(30)24(12-22-25)15-6-4-5-7-18(15)28-2/h4-9,12,16,26H,10-11,13H2,1-3H3. The molecule has 4 rings (SSSR count). The van der Waals surface area contributed by atoms with Crippen LogP contribution in [0.3, 0.4) is 0 Å². The highest BCUT2D eigenvalue weighted by Crippen LogP contribution is 2.39. The van der Waals surface area contributed by atoms with Crippen molar-refractivity contribution in [3.63, 3.8) is 0 Å². The highest BCUT2D eigenvalue weighted by atomic mass is 32.1. The largest absolute Gasteiger partial charge is 0.496 e. The summed E-state index contributed by atoms with van der Waals surface area (Å²) in [7, 11) is 4.85. The van der Waals surface area contributed by atoms with E-state index in [1.54, 1.807) is 32.3 Å². The Bertz CT molecular complexity index is 1110. The molecule has 0 fully saturated rings. The molecule has 0 saturated carbocycles. The topological polar surface area (TPSA) is 73.9 Å². The summed E-state index contributed by atoms with van der Waals surface area (Å²) in [6.07, 6.45) is 0.974. The van der Waals surface area contributed by atoms with Gasteiger partial charge < -0.3 is 19.3 Å². The summed E-state index contributed by atoms with van der Waals surface area (Å²) >= 11 is 5.65. The fraction of sp³-hybridized carbons (Fsp3) is 0.333. The van der Waals surface area contributed by atoms with Crippen LogP contribution in [0.15, 0.2) is 42.7 Å². The molecule has 1 unspecified atom stereocenters. The van der Waals surface area contributed by atoms with E-state index in [1.165, 1.54) is 0 Å². The van der Waals surface area contributed by atoms with Gasteiger partial charge in [0, 0.05) is 24.2 Å². The predicted molar refractivity (Wildman–Crippen MR) is 114 cm³/mol. The smallest absolute Gasteiger partial charge is 0.203 e. The van der Waals surface area contributed by atoms with E-state index in [1.807, 2.05) is 41.0 Å². The molecular weight excluding hydrogens is 404 g/mol. The number of rotatable bonds is 6. The van der Waals surface area contributed by atoms with Crippen molar-refractivity contribution < 1.29 is 19.3 Å². The highest BCUT2D eigenvalue weighted by Gasteiger charge is 2.30. The van der Waals surface area contributed by atoms with Gasteiger partial charge in [0.25, 0.3) is 0 Å². The van der Waals surface area contributed by atoms with Crippen LogP contribution in [-0.2, 0) is 13.2 Å². The third-order valence-corrected chi connectivity index (χ3v) is 5.68. The Morgan fingerprint density at radius 2 is 1.73 bits per heavy atom. The number of β-amino-alcohol motifs (C(OH)–C–C–N with tert-alkyl or cyclic N) is 1. The molecule has 0 radical (unpaired) electrons. The summed E-state index contributed by atoms with van der Waals surface area (Å²) in [6, 6.07) is 11.3. The molecule has 3 aromatic rings. The summed E-state index contributed by atoms with van der Waals surface area (Å²) in [6.45, 7) is 1.44. The first kappa shape index (κ1) is 20.4. The van der Waals surface area contributed by atoms with Crippen LogP contribution in [0.1, 0.15) is 17.2 Å². The molecule has 2 heterocycles. The number of para-hydroxylation sites is 2. The Balaban J connectivity index is 1.63. The van der Waals surface area contributed by atoms with E-state index in [-0.39, 0.29) is 0 Å². The van der Waals surface area contributed by atoms with E-state index in [0.717, 1.165) is 22.6 Å². The van der Waals surface area contributed by atoms with Crippen LogP contribution in [0, 0.1) is 4.77 Å². The number of aliphatic hydroxyl groups excluding tert-OH is 1. The van der Waals surface area contributed by atoms with Crippen molar-refractivity contribution in [3.8, 4) is 22.9 Å². The summed E-state index contributed by atoms with van der Waals surface area (Å²) in [4.78, 5) is 2.07. The quantitative estimate of drug-likeness (QED) is 0.605. The lowest BCUT2D eigenvalue weighted by molar-refractivity contribution is 0.0669. The normalized spacial score (nSPS) is 16.2. The zero-order chi connectivity index (χ0) is 21.3. The molecule has 158 valence electrons. The van der Waals surface area contributed by atoms with Crippen molar-refractivity contribution >= 4 is 12.2 Å². The molecule has 0 amide bonds. The molecule has 8 nitrogen and oxygen atoms in total. The van der Waals surface area contributed by atoms with Crippen LogP contribution in [0.5, 0.6) is 17.2 Å². The van der Waals surface area contributed by atoms with Gasteiger partial charge in [-0.25, -0.2) is 4.68 Å². The van der Waals surface area contributed by atoms with E-state index in [2.05, 4.69) is 10.00 Å². The van der Waals surface area contributed by atoms with Gasteiger partial charge in [-0.05, 0) is 36.5 Å². The summed E-state index contributed by atoms with van der Waals surface area (Å²) in [5.41, 5.74) is 2.51. The maximum absolute atomic E-state index is 10.8. The monoisotopic (exact) mass is 428 g/mol. The SMILES string of the molecule is COc1ccccc1-n1cnn(CN2Cc3c(OC)ccc(OC)c3C(O)C2)c1=S. The second-order valence-electron chi connectivity index (χ2n) is 6.99. The average Bonchev–Trinajstić information content (AvgIpc) is 3.12. The third-order valence-electron chi connectivity index (χ3n) is 5.27. The summed E-state index contributed by atoms with van der Waals surface area (Å²) in [5, 5.41) is 15.3. The van der Waals surface area contributed by atoms with E-state index >= 15 is 0 Å². The third kappa shape index (κ3) is 3.55. The Labute approximate surface area is 179 Å². The summed E-state index contributed by atoms with van der Waals surface area (Å²) in [5.74, 6) is 2.10. The highest BCUT2D eigenvalue weighted by molar-refractivity contribution is 7.71. The Hall–Kier alpha value is -2.88. The zero-order valence-electron chi connectivity index (χ0n) is 17.1. The van der Waals surface area contributed by atoms with Crippen molar-refractivity contribution in [3.05, 3.63) is 58.6 Å². The number of fused-ring (bicyclic) bond motifs is 1. The van der Waals surface area contributed by atoms with Gasteiger partial charge >= 0.3 is 0 Å². The van der Waals surface area contributed by atoms with Crippen molar-refractivity contribution in [2.24, 2.45) is 0 Å². The molecule has 1 aromatic heterocycles. The number of benzene rings is 2. The molecule has 1 aliphatic rings. The maximum Gasteiger partial charge on any atom is 0.203 e. The Morgan fingerprint density at radius 1 is 1.03 bits per heavy atom. The minimum atomic E-state index is -0.704. The number of aliphatic hydroxyl groups is 1. The van der Waals surface area contributed by atoms with Crippen LogP contribution in [0.4, 0.5) is 0 Å². The van der Waals surface area contributed by atoms with Gasteiger partial charge in [-0.1, -0.05) is 12.1 Å². The molecule has 1 N–H and O–H groups in total.